The number of hydrogen-bond acceptors (Lipinski definition) is 4. The fourth-order valence-corrected chi connectivity index (χ4v) is 5.19. The van der Waals surface area contributed by atoms with Crippen molar-refractivity contribution in [3.8, 4) is 0 Å². The van der Waals surface area contributed by atoms with E-state index < -0.39 is 6.04 Å². The number of benzene rings is 2. The van der Waals surface area contributed by atoms with Gasteiger partial charge in [-0.25, -0.2) is 0 Å². The summed E-state index contributed by atoms with van der Waals surface area (Å²) < 4.78 is 0. The summed E-state index contributed by atoms with van der Waals surface area (Å²) in [6, 6.07) is 16.9. The molecule has 176 valence electrons. The van der Waals surface area contributed by atoms with Crippen molar-refractivity contribution >= 4 is 46.2 Å². The van der Waals surface area contributed by atoms with Gasteiger partial charge in [0.15, 0.2) is 5.78 Å². The topological polar surface area (TPSA) is 66.5 Å². The van der Waals surface area contributed by atoms with Gasteiger partial charge in [-0.1, -0.05) is 54.8 Å². The zero-order valence-corrected chi connectivity index (χ0v) is 20.6. The first-order chi connectivity index (χ1) is 16.4. The molecule has 3 aromatic rings. The Bertz CT molecular complexity index is 1150. The van der Waals surface area contributed by atoms with Gasteiger partial charge in [0.2, 0.25) is 11.8 Å². The number of Topliss-reactive ketones (excluding diaryl/α,β-unsaturated/α-hetero) is 1. The molecule has 0 saturated heterocycles. The molecule has 1 heterocycles. The fourth-order valence-electron chi connectivity index (χ4n) is 4.37. The molecule has 1 aliphatic rings. The van der Waals surface area contributed by atoms with Gasteiger partial charge in [0.25, 0.3) is 0 Å². The molecule has 0 bridgehead atoms. The van der Waals surface area contributed by atoms with Crippen molar-refractivity contribution in [1.29, 1.82) is 0 Å². The van der Waals surface area contributed by atoms with Crippen LogP contribution >= 0.6 is 22.9 Å². The molecule has 5 nitrogen and oxygen atoms in total. The predicted octanol–water partition coefficient (Wildman–Crippen LogP) is 5.98. The minimum atomic E-state index is -0.896. The average molecular weight is 495 g/mol. The molecule has 2 aromatic carbocycles. The maximum absolute atomic E-state index is 13.8. The fraction of sp³-hybridized carbons (Fsp3) is 0.296. The van der Waals surface area contributed by atoms with Crippen LogP contribution in [0.1, 0.15) is 59.4 Å². The lowest BCUT2D eigenvalue weighted by atomic mass is 10.0. The number of thiophene rings is 1. The summed E-state index contributed by atoms with van der Waals surface area (Å²) in [6.45, 7) is 1.49. The highest BCUT2D eigenvalue weighted by Gasteiger charge is 2.34. The Morgan fingerprint density at radius 1 is 1.06 bits per heavy atom. The van der Waals surface area contributed by atoms with Crippen LogP contribution in [0.4, 0.5) is 5.69 Å². The Balaban J connectivity index is 1.79. The predicted molar refractivity (Wildman–Crippen MR) is 137 cm³/mol. The van der Waals surface area contributed by atoms with E-state index in [1.54, 1.807) is 48.5 Å². The van der Waals surface area contributed by atoms with Gasteiger partial charge in [0, 0.05) is 27.2 Å². The number of halogens is 1. The number of hydrogen-bond donors (Lipinski definition) is 1. The van der Waals surface area contributed by atoms with E-state index >= 15 is 0 Å². The van der Waals surface area contributed by atoms with Crippen molar-refractivity contribution in [1.82, 2.24) is 5.32 Å². The summed E-state index contributed by atoms with van der Waals surface area (Å²) in [5, 5.41) is 5.64. The Morgan fingerprint density at radius 2 is 1.79 bits per heavy atom. The number of nitrogens with zero attached hydrogens (tertiary/aromatic N) is 1. The van der Waals surface area contributed by atoms with Crippen molar-refractivity contribution < 1.29 is 14.4 Å². The summed E-state index contributed by atoms with van der Waals surface area (Å²) in [5.74, 6) is -0.558. The zero-order valence-electron chi connectivity index (χ0n) is 19.0. The molecule has 1 fully saturated rings. The standard InChI is InChI=1S/C27H27ClN2O3S/c1-18(31)20-6-4-9-23(16-20)30(25(32)17-24-10-5-15-34-24)26(19-11-13-21(28)14-12-19)27(33)29-22-7-2-3-8-22/h4-6,9-16,22,26H,2-3,7-8,17H2,1H3,(H,29,33)/t26-/m0/s1. The minimum Gasteiger partial charge on any atom is -0.351 e. The first-order valence-electron chi connectivity index (χ1n) is 11.4. The zero-order chi connectivity index (χ0) is 24.1. The molecule has 0 unspecified atom stereocenters. The third-order valence-electron chi connectivity index (χ3n) is 6.10. The molecule has 0 spiro atoms. The van der Waals surface area contributed by atoms with E-state index in [1.807, 2.05) is 17.5 Å². The summed E-state index contributed by atoms with van der Waals surface area (Å²) >= 11 is 7.62. The van der Waals surface area contributed by atoms with E-state index in [1.165, 1.54) is 23.2 Å². The third-order valence-corrected chi connectivity index (χ3v) is 7.23. The quantitative estimate of drug-likeness (QED) is 0.392. The van der Waals surface area contributed by atoms with Gasteiger partial charge in [-0.05, 0) is 61.0 Å². The molecule has 1 N–H and O–H groups in total. The lowest BCUT2D eigenvalue weighted by Crippen LogP contribution is -2.46. The SMILES string of the molecule is CC(=O)c1cccc(N(C(=O)Cc2cccs2)[C@H](C(=O)NC2CCCC2)c2ccc(Cl)cc2)c1. The lowest BCUT2D eigenvalue weighted by molar-refractivity contribution is -0.127. The average Bonchev–Trinajstić information content (AvgIpc) is 3.52. The molecule has 1 aromatic heterocycles. The normalized spacial score (nSPS) is 14.5. The van der Waals surface area contributed by atoms with Crippen LogP contribution in [0.3, 0.4) is 0 Å². The maximum atomic E-state index is 13.8. The van der Waals surface area contributed by atoms with Crippen LogP contribution in [0, 0.1) is 0 Å². The maximum Gasteiger partial charge on any atom is 0.248 e. The van der Waals surface area contributed by atoms with Crippen LogP contribution in [0.5, 0.6) is 0 Å². The van der Waals surface area contributed by atoms with E-state index in [9.17, 15) is 14.4 Å². The minimum absolute atomic E-state index is 0.0973. The van der Waals surface area contributed by atoms with E-state index in [0.29, 0.717) is 21.8 Å². The van der Waals surface area contributed by atoms with Crippen LogP contribution in [0.15, 0.2) is 66.0 Å². The Kier molecular flexibility index (Phi) is 7.80. The summed E-state index contributed by atoms with van der Waals surface area (Å²) in [4.78, 5) is 42.0. The van der Waals surface area contributed by atoms with E-state index in [-0.39, 0.29) is 30.1 Å². The van der Waals surface area contributed by atoms with Crippen molar-refractivity contribution in [2.75, 3.05) is 4.90 Å². The number of anilines is 1. The molecule has 34 heavy (non-hydrogen) atoms. The molecule has 7 heteroatoms. The molecule has 0 aliphatic heterocycles. The number of nitrogens with one attached hydrogen (secondary N) is 1. The first kappa shape index (κ1) is 24.2. The number of rotatable bonds is 8. The van der Waals surface area contributed by atoms with Crippen LogP contribution in [0.25, 0.3) is 0 Å². The Hall–Kier alpha value is -2.96. The largest absolute Gasteiger partial charge is 0.351 e. The van der Waals surface area contributed by atoms with Crippen molar-refractivity contribution in [2.24, 2.45) is 0 Å². The second kappa shape index (κ2) is 11.0. The Labute approximate surface area is 208 Å². The van der Waals surface area contributed by atoms with E-state index in [0.717, 1.165) is 30.6 Å². The van der Waals surface area contributed by atoms with Crippen LogP contribution in [-0.2, 0) is 16.0 Å². The van der Waals surface area contributed by atoms with Gasteiger partial charge < -0.3 is 5.32 Å². The molecule has 1 aliphatic carbocycles. The van der Waals surface area contributed by atoms with Gasteiger partial charge in [-0.3, -0.25) is 19.3 Å². The van der Waals surface area contributed by atoms with Crippen molar-refractivity contribution in [3.05, 3.63) is 87.1 Å². The second-order valence-electron chi connectivity index (χ2n) is 8.57. The van der Waals surface area contributed by atoms with Gasteiger partial charge in [-0.15, -0.1) is 11.3 Å². The summed E-state index contributed by atoms with van der Waals surface area (Å²) in [7, 11) is 0. The van der Waals surface area contributed by atoms with E-state index in [4.69, 9.17) is 11.6 Å². The third kappa shape index (κ3) is 5.75. The number of carbonyl (C=O) groups excluding carboxylic acids is 3. The van der Waals surface area contributed by atoms with Crippen LogP contribution < -0.4 is 10.2 Å². The highest BCUT2D eigenvalue weighted by atomic mass is 35.5. The van der Waals surface area contributed by atoms with Crippen molar-refractivity contribution in [2.45, 2.75) is 51.1 Å². The Morgan fingerprint density at radius 3 is 2.44 bits per heavy atom. The first-order valence-corrected chi connectivity index (χ1v) is 12.7. The molecule has 1 saturated carbocycles. The van der Waals surface area contributed by atoms with Gasteiger partial charge in [0.05, 0.1) is 6.42 Å². The molecule has 4 rings (SSSR count). The highest BCUT2D eigenvalue weighted by Crippen LogP contribution is 2.31. The van der Waals surface area contributed by atoms with E-state index in [2.05, 4.69) is 5.32 Å². The smallest absolute Gasteiger partial charge is 0.248 e. The number of amides is 2. The molecule has 0 radical (unpaired) electrons. The number of ketones is 1. The molecular formula is C27H27ClN2O3S. The number of carbonyl (C=O) groups is 3. The van der Waals surface area contributed by atoms with Gasteiger partial charge in [0.1, 0.15) is 6.04 Å². The highest BCUT2D eigenvalue weighted by molar-refractivity contribution is 7.10. The monoisotopic (exact) mass is 494 g/mol. The summed E-state index contributed by atoms with van der Waals surface area (Å²) in [6.07, 6.45) is 4.18. The van der Waals surface area contributed by atoms with Gasteiger partial charge >= 0.3 is 0 Å². The summed E-state index contributed by atoms with van der Waals surface area (Å²) in [5.41, 5.74) is 1.65. The van der Waals surface area contributed by atoms with Gasteiger partial charge in [-0.2, -0.15) is 0 Å². The molecule has 2 amide bonds. The molecular weight excluding hydrogens is 468 g/mol. The van der Waals surface area contributed by atoms with Crippen LogP contribution in [0.2, 0.25) is 5.02 Å². The van der Waals surface area contributed by atoms with Crippen molar-refractivity contribution in [3.63, 3.8) is 0 Å². The lowest BCUT2D eigenvalue weighted by Gasteiger charge is -2.32. The second-order valence-corrected chi connectivity index (χ2v) is 10.0. The van der Waals surface area contributed by atoms with Crippen LogP contribution in [-0.4, -0.2) is 23.6 Å². The molecule has 1 atom stereocenters.